The van der Waals surface area contributed by atoms with E-state index in [0.717, 1.165) is 45.7 Å². The van der Waals surface area contributed by atoms with E-state index in [1.807, 2.05) is 30.5 Å². The molecule has 108 valence electrons. The lowest BCUT2D eigenvalue weighted by atomic mass is 10.1. The zero-order valence-electron chi connectivity index (χ0n) is 11.8. The van der Waals surface area contributed by atoms with Crippen molar-refractivity contribution in [2.45, 2.75) is 19.8 Å². The highest BCUT2D eigenvalue weighted by atomic mass is 32.1. The molecule has 4 nitrogen and oxygen atoms in total. The van der Waals surface area contributed by atoms with Gasteiger partial charge in [-0.1, -0.05) is 13.3 Å². The number of pyridine rings is 1. The van der Waals surface area contributed by atoms with E-state index in [1.54, 1.807) is 6.20 Å². The smallest absolute Gasteiger partial charge is 0.261 e. The highest BCUT2D eigenvalue weighted by Crippen LogP contribution is 2.32. The Balaban J connectivity index is 1.85. The topological polar surface area (TPSA) is 57.8 Å². The monoisotopic (exact) mass is 299 g/mol. The van der Waals surface area contributed by atoms with Crippen LogP contribution < -0.4 is 5.32 Å². The molecular formula is C16H17N3OS. The van der Waals surface area contributed by atoms with Crippen LogP contribution in [0.15, 0.2) is 36.7 Å². The van der Waals surface area contributed by atoms with E-state index in [9.17, 15) is 4.79 Å². The fraction of sp³-hybridized carbons (Fsp3) is 0.250. The zero-order chi connectivity index (χ0) is 14.7. The zero-order valence-corrected chi connectivity index (χ0v) is 12.7. The molecule has 0 aliphatic carbocycles. The minimum atomic E-state index is 0.0130. The molecule has 0 atom stereocenters. The number of nitrogens with one attached hydrogen (secondary N) is 2. The molecule has 3 heterocycles. The largest absolute Gasteiger partial charge is 0.351 e. The van der Waals surface area contributed by atoms with Gasteiger partial charge in [-0.3, -0.25) is 4.79 Å². The summed E-state index contributed by atoms with van der Waals surface area (Å²) < 4.78 is 0. The normalized spacial score (nSPS) is 10.9. The summed E-state index contributed by atoms with van der Waals surface area (Å²) in [5.74, 6) is 0.0130. The lowest BCUT2D eigenvalue weighted by Crippen LogP contribution is -2.23. The fourth-order valence-corrected chi connectivity index (χ4v) is 3.21. The van der Waals surface area contributed by atoms with Gasteiger partial charge in [0, 0.05) is 34.8 Å². The van der Waals surface area contributed by atoms with Crippen LogP contribution in [-0.4, -0.2) is 22.4 Å². The summed E-state index contributed by atoms with van der Waals surface area (Å²) >= 11 is 1.52. The van der Waals surface area contributed by atoms with Crippen molar-refractivity contribution in [2.24, 2.45) is 0 Å². The van der Waals surface area contributed by atoms with Gasteiger partial charge in [0.2, 0.25) is 0 Å². The highest BCUT2D eigenvalue weighted by molar-refractivity contribution is 7.17. The Morgan fingerprint density at radius 2 is 2.24 bits per heavy atom. The molecule has 0 saturated heterocycles. The molecular weight excluding hydrogens is 282 g/mol. The van der Waals surface area contributed by atoms with Crippen molar-refractivity contribution < 1.29 is 4.79 Å². The third-order valence-corrected chi connectivity index (χ3v) is 4.49. The minimum Gasteiger partial charge on any atom is -0.351 e. The van der Waals surface area contributed by atoms with Crippen molar-refractivity contribution in [3.63, 3.8) is 0 Å². The average Bonchev–Trinajstić information content (AvgIpc) is 3.16. The van der Waals surface area contributed by atoms with E-state index in [-0.39, 0.29) is 5.91 Å². The first kappa shape index (κ1) is 13.8. The summed E-state index contributed by atoms with van der Waals surface area (Å²) in [6.45, 7) is 2.85. The van der Waals surface area contributed by atoms with Gasteiger partial charge in [-0.15, -0.1) is 11.3 Å². The van der Waals surface area contributed by atoms with Gasteiger partial charge in [0.25, 0.3) is 5.91 Å². The van der Waals surface area contributed by atoms with E-state index < -0.39 is 0 Å². The molecule has 3 rings (SSSR count). The molecule has 0 fully saturated rings. The molecule has 0 radical (unpaired) electrons. The maximum absolute atomic E-state index is 12.1. The number of fused-ring (bicyclic) bond motifs is 1. The van der Waals surface area contributed by atoms with Crippen molar-refractivity contribution in [1.82, 2.24) is 15.3 Å². The maximum atomic E-state index is 12.1. The molecule has 0 unspecified atom stereocenters. The van der Waals surface area contributed by atoms with Crippen LogP contribution in [0.1, 0.15) is 29.4 Å². The van der Waals surface area contributed by atoms with Gasteiger partial charge in [0.15, 0.2) is 0 Å². The first-order valence-electron chi connectivity index (χ1n) is 7.10. The lowest BCUT2D eigenvalue weighted by molar-refractivity contribution is 0.0957. The van der Waals surface area contributed by atoms with Crippen molar-refractivity contribution in [1.29, 1.82) is 0 Å². The number of aromatic amines is 1. The van der Waals surface area contributed by atoms with Crippen molar-refractivity contribution in [2.75, 3.05) is 6.54 Å². The van der Waals surface area contributed by atoms with E-state index in [1.165, 1.54) is 11.3 Å². The predicted molar refractivity (Wildman–Crippen MR) is 86.6 cm³/mol. The Morgan fingerprint density at radius 3 is 3.10 bits per heavy atom. The van der Waals surface area contributed by atoms with Gasteiger partial charge in [-0.2, -0.15) is 0 Å². The quantitative estimate of drug-likeness (QED) is 0.704. The molecule has 0 aliphatic heterocycles. The first-order valence-corrected chi connectivity index (χ1v) is 7.91. The molecule has 21 heavy (non-hydrogen) atoms. The second-order valence-corrected chi connectivity index (χ2v) is 5.96. The number of nitrogens with zero attached hydrogens (tertiary/aromatic N) is 1. The summed E-state index contributed by atoms with van der Waals surface area (Å²) in [7, 11) is 0. The second kappa shape index (κ2) is 6.10. The number of rotatable bonds is 5. The van der Waals surface area contributed by atoms with Crippen LogP contribution in [0.2, 0.25) is 0 Å². The van der Waals surface area contributed by atoms with Crippen LogP contribution in [0.3, 0.4) is 0 Å². The lowest BCUT2D eigenvalue weighted by Gasteiger charge is -2.01. The number of unbranched alkanes of at least 4 members (excludes halogenated alkanes) is 1. The van der Waals surface area contributed by atoms with Crippen LogP contribution in [0.5, 0.6) is 0 Å². The molecule has 1 amide bonds. The van der Waals surface area contributed by atoms with Crippen LogP contribution in [0, 0.1) is 0 Å². The summed E-state index contributed by atoms with van der Waals surface area (Å²) in [5.41, 5.74) is 1.98. The van der Waals surface area contributed by atoms with Gasteiger partial charge < -0.3 is 10.3 Å². The molecule has 0 aromatic carbocycles. The van der Waals surface area contributed by atoms with Crippen molar-refractivity contribution >= 4 is 28.3 Å². The average molecular weight is 299 g/mol. The molecule has 0 saturated carbocycles. The number of aromatic nitrogens is 2. The third kappa shape index (κ3) is 2.83. The van der Waals surface area contributed by atoms with Gasteiger partial charge in [-0.05, 0) is 30.7 Å². The molecule has 5 heteroatoms. The number of carbonyl (C=O) groups excluding carboxylic acids is 1. The second-order valence-electron chi connectivity index (χ2n) is 4.87. The van der Waals surface area contributed by atoms with Crippen LogP contribution in [-0.2, 0) is 0 Å². The van der Waals surface area contributed by atoms with Crippen molar-refractivity contribution in [3.05, 3.63) is 41.5 Å². The molecule has 3 aromatic rings. The van der Waals surface area contributed by atoms with Crippen LogP contribution >= 0.6 is 11.3 Å². The van der Waals surface area contributed by atoms with Gasteiger partial charge >= 0.3 is 0 Å². The standard InChI is InChI=1S/C16H17N3OS/c1-2-3-8-19-16(20)14-5-4-13(21-14)11-6-9-17-15-12(11)7-10-18-15/h4-7,9-10H,2-3,8H2,1H3,(H,17,18)(H,19,20). The minimum absolute atomic E-state index is 0.0130. The summed E-state index contributed by atoms with van der Waals surface area (Å²) in [6.07, 6.45) is 5.76. The molecule has 0 aliphatic rings. The van der Waals surface area contributed by atoms with Gasteiger partial charge in [0.1, 0.15) is 5.65 Å². The number of carbonyl (C=O) groups is 1. The van der Waals surface area contributed by atoms with E-state index in [2.05, 4.69) is 22.2 Å². The Labute approximate surface area is 127 Å². The van der Waals surface area contributed by atoms with E-state index in [4.69, 9.17) is 0 Å². The van der Waals surface area contributed by atoms with Crippen LogP contribution in [0.25, 0.3) is 21.5 Å². The first-order chi connectivity index (χ1) is 10.3. The Hall–Kier alpha value is -2.14. The van der Waals surface area contributed by atoms with Gasteiger partial charge in [-0.25, -0.2) is 4.98 Å². The highest BCUT2D eigenvalue weighted by Gasteiger charge is 2.12. The van der Waals surface area contributed by atoms with E-state index in [0.29, 0.717) is 0 Å². The van der Waals surface area contributed by atoms with Crippen molar-refractivity contribution in [3.8, 4) is 10.4 Å². The Kier molecular flexibility index (Phi) is 4.01. The molecule has 3 aromatic heterocycles. The molecule has 0 spiro atoms. The Bertz CT molecular complexity index is 760. The summed E-state index contributed by atoms with van der Waals surface area (Å²) in [4.78, 5) is 21.3. The Morgan fingerprint density at radius 1 is 1.33 bits per heavy atom. The number of hydrogen-bond acceptors (Lipinski definition) is 3. The molecule has 2 N–H and O–H groups in total. The number of amides is 1. The molecule has 0 bridgehead atoms. The predicted octanol–water partition coefficient (Wildman–Crippen LogP) is 3.82. The maximum Gasteiger partial charge on any atom is 0.261 e. The fourth-order valence-electron chi connectivity index (χ4n) is 2.25. The third-order valence-electron chi connectivity index (χ3n) is 3.37. The SMILES string of the molecule is CCCCNC(=O)c1ccc(-c2ccnc3[nH]ccc23)s1. The van der Waals surface area contributed by atoms with E-state index >= 15 is 0 Å². The number of H-pyrrole nitrogens is 1. The number of thiophene rings is 1. The van der Waals surface area contributed by atoms with Gasteiger partial charge in [0.05, 0.1) is 4.88 Å². The number of hydrogen-bond donors (Lipinski definition) is 2. The summed E-state index contributed by atoms with van der Waals surface area (Å²) in [5, 5.41) is 4.03. The van der Waals surface area contributed by atoms with Crippen LogP contribution in [0.4, 0.5) is 0 Å². The summed E-state index contributed by atoms with van der Waals surface area (Å²) in [6, 6.07) is 7.89.